The van der Waals surface area contributed by atoms with E-state index >= 15 is 0 Å². The van der Waals surface area contributed by atoms with Gasteiger partial charge in [0.2, 0.25) is 17.8 Å². The molecule has 1 aromatic carbocycles. The first-order valence-electron chi connectivity index (χ1n) is 8.13. The highest BCUT2D eigenvalue weighted by Crippen LogP contribution is 2.20. The van der Waals surface area contributed by atoms with Gasteiger partial charge in [-0.05, 0) is 50.6 Å². The van der Waals surface area contributed by atoms with Crippen LogP contribution in [0.2, 0.25) is 0 Å². The molecule has 0 radical (unpaired) electrons. The summed E-state index contributed by atoms with van der Waals surface area (Å²) in [4.78, 5) is 28.9. The van der Waals surface area contributed by atoms with E-state index in [0.29, 0.717) is 24.1 Å². The second kappa shape index (κ2) is 6.84. The molecule has 2 heterocycles. The molecule has 1 atom stereocenters. The zero-order chi connectivity index (χ0) is 18.0. The molecule has 8 nitrogen and oxygen atoms in total. The number of anilines is 1. The maximum absolute atomic E-state index is 12.7. The lowest BCUT2D eigenvalue weighted by atomic mass is 10.1. The molecule has 0 aromatic heterocycles. The Morgan fingerprint density at radius 3 is 2.72 bits per heavy atom. The summed E-state index contributed by atoms with van der Waals surface area (Å²) in [5, 5.41) is 7.10. The van der Waals surface area contributed by atoms with Crippen molar-refractivity contribution in [1.82, 2.24) is 15.8 Å². The largest absolute Gasteiger partial charge is 0.494 e. The van der Waals surface area contributed by atoms with Crippen molar-refractivity contribution in [3.05, 3.63) is 35.7 Å². The number of nitrogens with zero attached hydrogens (tertiary/aromatic N) is 2. The molecular weight excluding hydrogens is 322 g/mol. The fourth-order valence-corrected chi connectivity index (χ4v) is 2.57. The number of carbonyl (C=O) groups is 2. The minimum atomic E-state index is -0.684. The van der Waals surface area contributed by atoms with E-state index in [1.54, 1.807) is 29.3 Å². The van der Waals surface area contributed by atoms with Crippen molar-refractivity contribution >= 4 is 23.5 Å². The fourth-order valence-electron chi connectivity index (χ4n) is 2.57. The summed E-state index contributed by atoms with van der Waals surface area (Å²) in [6, 6.07) is 6.42. The molecule has 2 aliphatic heterocycles. The molecule has 2 amide bonds. The van der Waals surface area contributed by atoms with Gasteiger partial charge in [-0.2, -0.15) is 4.99 Å². The van der Waals surface area contributed by atoms with E-state index in [2.05, 4.69) is 21.1 Å². The first kappa shape index (κ1) is 16.8. The summed E-state index contributed by atoms with van der Waals surface area (Å²) in [7, 11) is 0. The van der Waals surface area contributed by atoms with Crippen molar-refractivity contribution in [3.8, 4) is 5.75 Å². The van der Waals surface area contributed by atoms with E-state index in [1.807, 2.05) is 20.8 Å². The average Bonchev–Trinajstić information content (AvgIpc) is 3.00. The number of nitrogens with one attached hydrogen (secondary N) is 3. The molecule has 3 rings (SSSR count). The molecule has 1 aromatic rings. The minimum absolute atomic E-state index is 0.0466. The molecular formula is C17H21N5O3. The van der Waals surface area contributed by atoms with Crippen molar-refractivity contribution < 1.29 is 14.3 Å². The molecule has 8 heteroatoms. The van der Waals surface area contributed by atoms with Gasteiger partial charge < -0.3 is 10.1 Å². The number of hydrogen-bond acceptors (Lipinski definition) is 6. The van der Waals surface area contributed by atoms with Crippen LogP contribution in [0, 0.1) is 0 Å². The molecule has 132 valence electrons. The topological polar surface area (TPSA) is 95.1 Å². The molecule has 2 aliphatic rings. The van der Waals surface area contributed by atoms with E-state index < -0.39 is 6.04 Å². The number of guanidine groups is 1. The standard InChI is InChI=1S/C17H21N5O3/c1-4-25-12-7-5-11(6-8-12)18-16(24)13-9-14(23)19-17-20-15(10(2)3)21-22(13)17/h5-8,13,21H,4,9H2,1-3H3,(H,18,24)(H,19,20,23)/t13-/m0/s1. The molecule has 0 saturated carbocycles. The van der Waals surface area contributed by atoms with Gasteiger partial charge in [-0.3, -0.25) is 20.3 Å². The van der Waals surface area contributed by atoms with Gasteiger partial charge in [0.15, 0.2) is 0 Å². The van der Waals surface area contributed by atoms with Crippen LogP contribution in [-0.4, -0.2) is 35.4 Å². The molecule has 3 N–H and O–H groups in total. The Hall–Kier alpha value is -3.03. The highest BCUT2D eigenvalue weighted by atomic mass is 16.5. The van der Waals surface area contributed by atoms with Crippen LogP contribution >= 0.6 is 0 Å². The number of rotatable bonds is 4. The molecule has 1 saturated heterocycles. The second-order valence-corrected chi connectivity index (χ2v) is 5.98. The molecule has 0 unspecified atom stereocenters. The zero-order valence-corrected chi connectivity index (χ0v) is 14.4. The number of hydrazine groups is 1. The lowest BCUT2D eigenvalue weighted by Crippen LogP contribution is -2.61. The molecule has 0 aliphatic carbocycles. The summed E-state index contributed by atoms with van der Waals surface area (Å²) in [5.74, 6) is 1.20. The third kappa shape index (κ3) is 3.57. The van der Waals surface area contributed by atoms with Crippen molar-refractivity contribution in [3.63, 3.8) is 0 Å². The van der Waals surface area contributed by atoms with Crippen molar-refractivity contribution in [2.75, 3.05) is 11.9 Å². The Balaban J connectivity index is 1.74. The van der Waals surface area contributed by atoms with Gasteiger partial charge in [-0.25, -0.2) is 5.01 Å². The van der Waals surface area contributed by atoms with Gasteiger partial charge in [0.1, 0.15) is 17.6 Å². The molecule has 1 fully saturated rings. The smallest absolute Gasteiger partial charge is 0.249 e. The van der Waals surface area contributed by atoms with Crippen LogP contribution in [-0.2, 0) is 9.59 Å². The Bertz CT molecular complexity index is 750. The van der Waals surface area contributed by atoms with Crippen LogP contribution in [0.4, 0.5) is 5.69 Å². The highest BCUT2D eigenvalue weighted by Gasteiger charge is 2.39. The first-order valence-corrected chi connectivity index (χ1v) is 8.13. The first-order chi connectivity index (χ1) is 12.0. The van der Waals surface area contributed by atoms with Crippen LogP contribution in [0.5, 0.6) is 5.75 Å². The van der Waals surface area contributed by atoms with Crippen LogP contribution in [0.15, 0.2) is 40.7 Å². The van der Waals surface area contributed by atoms with Gasteiger partial charge in [-0.15, -0.1) is 0 Å². The number of allylic oxidation sites excluding steroid dienone is 1. The third-order valence-electron chi connectivity index (χ3n) is 3.82. The monoisotopic (exact) mass is 343 g/mol. The second-order valence-electron chi connectivity index (χ2n) is 5.98. The Morgan fingerprint density at radius 1 is 1.36 bits per heavy atom. The molecule has 0 spiro atoms. The van der Waals surface area contributed by atoms with Gasteiger partial charge >= 0.3 is 0 Å². The molecule has 0 bridgehead atoms. The predicted octanol–water partition coefficient (Wildman–Crippen LogP) is 1.34. The Labute approximate surface area is 145 Å². The summed E-state index contributed by atoms with van der Waals surface area (Å²) in [5.41, 5.74) is 4.67. The van der Waals surface area contributed by atoms with Gasteiger partial charge in [-0.1, -0.05) is 0 Å². The third-order valence-corrected chi connectivity index (χ3v) is 3.82. The number of ether oxygens (including phenoxy) is 1. The maximum atomic E-state index is 12.7. The van der Waals surface area contributed by atoms with Gasteiger partial charge in [0, 0.05) is 5.69 Å². The summed E-state index contributed by atoms with van der Waals surface area (Å²) in [6.07, 6.45) is 0.0466. The van der Waals surface area contributed by atoms with E-state index in [4.69, 9.17) is 4.74 Å². The van der Waals surface area contributed by atoms with Crippen molar-refractivity contribution in [1.29, 1.82) is 0 Å². The number of fused-ring (bicyclic) bond motifs is 1. The quantitative estimate of drug-likeness (QED) is 0.767. The number of benzene rings is 1. The lowest BCUT2D eigenvalue weighted by molar-refractivity contribution is -0.129. The van der Waals surface area contributed by atoms with E-state index in [0.717, 1.165) is 11.3 Å². The van der Waals surface area contributed by atoms with Crippen LogP contribution in [0.3, 0.4) is 0 Å². The Kier molecular flexibility index (Phi) is 4.60. The van der Waals surface area contributed by atoms with Crippen LogP contribution < -0.4 is 20.8 Å². The number of amides is 2. The van der Waals surface area contributed by atoms with Crippen molar-refractivity contribution in [2.45, 2.75) is 33.2 Å². The SMILES string of the molecule is CCOc1ccc(NC(=O)[C@@H]2CC(=O)NC3=NC(=C(C)C)NN32)cc1. The van der Waals surface area contributed by atoms with Gasteiger partial charge in [0.25, 0.3) is 0 Å². The lowest BCUT2D eigenvalue weighted by Gasteiger charge is -2.32. The summed E-state index contributed by atoms with van der Waals surface area (Å²) in [6.45, 7) is 6.30. The molecule has 25 heavy (non-hydrogen) atoms. The number of carbonyl (C=O) groups excluding carboxylic acids is 2. The van der Waals surface area contributed by atoms with E-state index in [1.165, 1.54) is 0 Å². The summed E-state index contributed by atoms with van der Waals surface area (Å²) >= 11 is 0. The van der Waals surface area contributed by atoms with Crippen LogP contribution in [0.25, 0.3) is 0 Å². The average molecular weight is 343 g/mol. The maximum Gasteiger partial charge on any atom is 0.249 e. The summed E-state index contributed by atoms with van der Waals surface area (Å²) < 4.78 is 5.38. The normalized spacial score (nSPS) is 18.8. The minimum Gasteiger partial charge on any atom is -0.494 e. The van der Waals surface area contributed by atoms with Crippen LogP contribution in [0.1, 0.15) is 27.2 Å². The zero-order valence-electron chi connectivity index (χ0n) is 14.4. The van der Waals surface area contributed by atoms with Gasteiger partial charge in [0.05, 0.1) is 13.0 Å². The highest BCUT2D eigenvalue weighted by molar-refractivity contribution is 6.07. The Morgan fingerprint density at radius 2 is 2.08 bits per heavy atom. The number of hydrogen-bond donors (Lipinski definition) is 3. The fraction of sp³-hybridized carbons (Fsp3) is 0.353. The number of aliphatic imine (C=N–C) groups is 1. The van der Waals surface area contributed by atoms with E-state index in [9.17, 15) is 9.59 Å². The van der Waals surface area contributed by atoms with E-state index in [-0.39, 0.29) is 18.2 Å². The predicted molar refractivity (Wildman–Crippen MR) is 93.6 cm³/mol. The van der Waals surface area contributed by atoms with Crippen molar-refractivity contribution in [2.24, 2.45) is 4.99 Å².